The van der Waals surface area contributed by atoms with Crippen molar-refractivity contribution >= 4 is 5.78 Å². The van der Waals surface area contributed by atoms with Crippen LogP contribution in [0.1, 0.15) is 34.3 Å². The average Bonchev–Trinajstić information content (AvgIpc) is 2.45. The van der Waals surface area contributed by atoms with E-state index in [9.17, 15) is 9.90 Å². The Morgan fingerprint density at radius 3 is 2.85 bits per heavy atom. The molecule has 0 atom stereocenters. The van der Waals surface area contributed by atoms with Gasteiger partial charge in [0.15, 0.2) is 5.78 Å². The molecule has 3 rings (SSSR count). The van der Waals surface area contributed by atoms with E-state index >= 15 is 0 Å². The number of ketones is 1. The van der Waals surface area contributed by atoms with E-state index in [1.165, 1.54) is 0 Å². The molecule has 0 aromatic heterocycles. The van der Waals surface area contributed by atoms with Gasteiger partial charge in [0.25, 0.3) is 0 Å². The Morgan fingerprint density at radius 2 is 2.00 bits per heavy atom. The predicted octanol–water partition coefficient (Wildman–Crippen LogP) is 3.49. The van der Waals surface area contributed by atoms with Gasteiger partial charge in [-0.2, -0.15) is 0 Å². The maximum absolute atomic E-state index is 11.7. The Hall–Kier alpha value is -2.29. The second-order valence-corrected chi connectivity index (χ2v) is 5.05. The van der Waals surface area contributed by atoms with Crippen LogP contribution in [-0.2, 0) is 13.0 Å². The molecule has 102 valence electrons. The number of aryl methyl sites for hydroxylation is 1. The zero-order valence-corrected chi connectivity index (χ0v) is 11.1. The summed E-state index contributed by atoms with van der Waals surface area (Å²) in [7, 11) is 0. The van der Waals surface area contributed by atoms with E-state index in [0.717, 1.165) is 35.3 Å². The number of hydrogen-bond donors (Lipinski definition) is 1. The second-order valence-electron chi connectivity index (χ2n) is 5.05. The quantitative estimate of drug-likeness (QED) is 0.926. The lowest BCUT2D eigenvalue weighted by atomic mass is 9.90. The Balaban J connectivity index is 1.74. The number of Topliss-reactive ketones (excluding diaryl/α,β-unsaturated/α-hetero) is 1. The molecule has 3 nitrogen and oxygen atoms in total. The highest BCUT2D eigenvalue weighted by molar-refractivity contribution is 5.98. The topological polar surface area (TPSA) is 46.5 Å². The molecule has 0 saturated heterocycles. The summed E-state index contributed by atoms with van der Waals surface area (Å²) in [6.45, 7) is 0.404. The van der Waals surface area contributed by atoms with E-state index in [0.29, 0.717) is 13.0 Å². The van der Waals surface area contributed by atoms with Gasteiger partial charge in [-0.15, -0.1) is 0 Å². The minimum absolute atomic E-state index is 0.228. The molecule has 0 spiro atoms. The summed E-state index contributed by atoms with van der Waals surface area (Å²) in [5.74, 6) is 1.23. The average molecular weight is 268 g/mol. The second kappa shape index (κ2) is 5.37. The van der Waals surface area contributed by atoms with Gasteiger partial charge < -0.3 is 9.84 Å². The normalized spacial score (nSPS) is 13.9. The van der Waals surface area contributed by atoms with Gasteiger partial charge in [-0.1, -0.05) is 12.1 Å². The summed E-state index contributed by atoms with van der Waals surface area (Å²) in [6, 6.07) is 12.7. The van der Waals surface area contributed by atoms with Crippen molar-refractivity contribution in [1.82, 2.24) is 0 Å². The lowest BCUT2D eigenvalue weighted by Crippen LogP contribution is -2.10. The van der Waals surface area contributed by atoms with Crippen molar-refractivity contribution in [2.24, 2.45) is 0 Å². The fourth-order valence-electron chi connectivity index (χ4n) is 2.53. The van der Waals surface area contributed by atoms with Crippen LogP contribution >= 0.6 is 0 Å². The summed E-state index contributed by atoms with van der Waals surface area (Å²) >= 11 is 0. The number of carbonyl (C=O) groups excluding carboxylic acids is 1. The van der Waals surface area contributed by atoms with Crippen molar-refractivity contribution in [2.75, 3.05) is 0 Å². The lowest BCUT2D eigenvalue weighted by Gasteiger charge is -2.16. The van der Waals surface area contributed by atoms with E-state index in [4.69, 9.17) is 4.74 Å². The standard InChI is InChI=1S/C17H16O3/c18-14-5-1-3-12(9-14)11-20-15-7-8-16-13(10-15)4-2-6-17(16)19/h1,3,5,7-10,18H,2,4,6,11H2. The Bertz CT molecular complexity index is 646. The van der Waals surface area contributed by atoms with Crippen molar-refractivity contribution in [3.8, 4) is 11.5 Å². The van der Waals surface area contributed by atoms with Gasteiger partial charge >= 0.3 is 0 Å². The van der Waals surface area contributed by atoms with E-state index < -0.39 is 0 Å². The lowest BCUT2D eigenvalue weighted by molar-refractivity contribution is 0.0972. The van der Waals surface area contributed by atoms with Crippen molar-refractivity contribution in [3.05, 3.63) is 59.2 Å². The van der Waals surface area contributed by atoms with Gasteiger partial charge in [-0.05, 0) is 54.3 Å². The number of aromatic hydroxyl groups is 1. The van der Waals surface area contributed by atoms with E-state index in [1.807, 2.05) is 24.3 Å². The summed E-state index contributed by atoms with van der Waals surface area (Å²) in [5.41, 5.74) is 2.83. The number of ether oxygens (including phenoxy) is 1. The molecule has 0 radical (unpaired) electrons. The fourth-order valence-corrected chi connectivity index (χ4v) is 2.53. The fraction of sp³-hybridized carbons (Fsp3) is 0.235. The Kier molecular flexibility index (Phi) is 3.42. The van der Waals surface area contributed by atoms with Gasteiger partial charge in [-0.3, -0.25) is 4.79 Å². The van der Waals surface area contributed by atoms with E-state index in [-0.39, 0.29) is 11.5 Å². The molecule has 0 amide bonds. The third-order valence-corrected chi connectivity index (χ3v) is 3.54. The van der Waals surface area contributed by atoms with Crippen molar-refractivity contribution in [3.63, 3.8) is 0 Å². The van der Waals surface area contributed by atoms with Crippen LogP contribution in [0.2, 0.25) is 0 Å². The number of rotatable bonds is 3. The highest BCUT2D eigenvalue weighted by Gasteiger charge is 2.17. The predicted molar refractivity (Wildman–Crippen MR) is 76.1 cm³/mol. The minimum atomic E-state index is 0.228. The van der Waals surface area contributed by atoms with Gasteiger partial charge in [-0.25, -0.2) is 0 Å². The molecule has 1 N–H and O–H groups in total. The Labute approximate surface area is 117 Å². The molecule has 0 aliphatic heterocycles. The largest absolute Gasteiger partial charge is 0.508 e. The zero-order valence-electron chi connectivity index (χ0n) is 11.1. The Morgan fingerprint density at radius 1 is 1.10 bits per heavy atom. The molecule has 3 heteroatoms. The summed E-state index contributed by atoms with van der Waals surface area (Å²) in [4.78, 5) is 11.7. The molecule has 0 unspecified atom stereocenters. The zero-order chi connectivity index (χ0) is 13.9. The summed E-state index contributed by atoms with van der Waals surface area (Å²) in [5, 5.41) is 9.40. The molecule has 2 aromatic rings. The first kappa shape index (κ1) is 12.7. The third kappa shape index (κ3) is 2.67. The molecule has 0 fully saturated rings. The first-order valence-corrected chi connectivity index (χ1v) is 6.79. The molecule has 2 aromatic carbocycles. The van der Waals surface area contributed by atoms with E-state index in [2.05, 4.69) is 0 Å². The first-order chi connectivity index (χ1) is 9.72. The number of hydrogen-bond acceptors (Lipinski definition) is 3. The van der Waals surface area contributed by atoms with Crippen molar-refractivity contribution < 1.29 is 14.6 Å². The smallest absolute Gasteiger partial charge is 0.163 e. The summed E-state index contributed by atoms with van der Waals surface area (Å²) < 4.78 is 5.73. The first-order valence-electron chi connectivity index (χ1n) is 6.79. The van der Waals surface area contributed by atoms with Crippen molar-refractivity contribution in [1.29, 1.82) is 0 Å². The van der Waals surface area contributed by atoms with Crippen LogP contribution in [0.4, 0.5) is 0 Å². The number of phenols is 1. The van der Waals surface area contributed by atoms with Crippen LogP contribution in [-0.4, -0.2) is 10.9 Å². The van der Waals surface area contributed by atoms with Crippen molar-refractivity contribution in [2.45, 2.75) is 25.9 Å². The monoisotopic (exact) mass is 268 g/mol. The number of benzene rings is 2. The molecule has 20 heavy (non-hydrogen) atoms. The highest BCUT2D eigenvalue weighted by Crippen LogP contribution is 2.26. The molecule has 0 bridgehead atoms. The van der Waals surface area contributed by atoms with Gasteiger partial charge in [0.05, 0.1) is 0 Å². The number of fused-ring (bicyclic) bond motifs is 1. The summed E-state index contributed by atoms with van der Waals surface area (Å²) in [6.07, 6.45) is 2.50. The molecule has 0 heterocycles. The van der Waals surface area contributed by atoms with Gasteiger partial charge in [0.1, 0.15) is 18.1 Å². The van der Waals surface area contributed by atoms with Crippen LogP contribution in [0, 0.1) is 0 Å². The maximum Gasteiger partial charge on any atom is 0.163 e. The highest BCUT2D eigenvalue weighted by atomic mass is 16.5. The van der Waals surface area contributed by atoms with Crippen LogP contribution in [0.3, 0.4) is 0 Å². The SMILES string of the molecule is O=C1CCCc2cc(OCc3cccc(O)c3)ccc21. The third-order valence-electron chi connectivity index (χ3n) is 3.54. The van der Waals surface area contributed by atoms with Crippen LogP contribution in [0.15, 0.2) is 42.5 Å². The van der Waals surface area contributed by atoms with Gasteiger partial charge in [0, 0.05) is 12.0 Å². The van der Waals surface area contributed by atoms with Crippen LogP contribution < -0.4 is 4.74 Å². The molecule has 1 aliphatic rings. The number of phenolic OH excluding ortho intramolecular Hbond substituents is 1. The molecular formula is C17H16O3. The minimum Gasteiger partial charge on any atom is -0.508 e. The van der Waals surface area contributed by atoms with Gasteiger partial charge in [0.2, 0.25) is 0 Å². The molecule has 0 saturated carbocycles. The van der Waals surface area contributed by atoms with Crippen LogP contribution in [0.5, 0.6) is 11.5 Å². The van der Waals surface area contributed by atoms with E-state index in [1.54, 1.807) is 18.2 Å². The maximum atomic E-state index is 11.7. The number of carbonyl (C=O) groups is 1. The molecule has 1 aliphatic carbocycles. The van der Waals surface area contributed by atoms with Crippen LogP contribution in [0.25, 0.3) is 0 Å². The molecular weight excluding hydrogens is 252 g/mol.